The summed E-state index contributed by atoms with van der Waals surface area (Å²) in [4.78, 5) is 6.78. The van der Waals surface area contributed by atoms with Gasteiger partial charge in [-0.15, -0.1) is 0 Å². The summed E-state index contributed by atoms with van der Waals surface area (Å²) >= 11 is 0. The van der Waals surface area contributed by atoms with Crippen molar-refractivity contribution < 1.29 is 0 Å². The molecule has 1 aromatic heterocycles. The summed E-state index contributed by atoms with van der Waals surface area (Å²) in [5, 5.41) is 0. The maximum absolute atomic E-state index is 5.47. The van der Waals surface area contributed by atoms with Crippen LogP contribution in [0.15, 0.2) is 18.3 Å². The Labute approximate surface area is 84.9 Å². The van der Waals surface area contributed by atoms with Gasteiger partial charge in [-0.2, -0.15) is 0 Å². The van der Waals surface area contributed by atoms with Gasteiger partial charge in [0, 0.05) is 25.2 Å². The summed E-state index contributed by atoms with van der Waals surface area (Å²) in [7, 11) is 0. The van der Waals surface area contributed by atoms with Gasteiger partial charge < -0.3 is 10.6 Å². The highest BCUT2D eigenvalue weighted by Gasteiger charge is 2.11. The number of anilines is 1. The lowest BCUT2D eigenvalue weighted by atomic mass is 10.2. The van der Waals surface area contributed by atoms with Crippen molar-refractivity contribution in [2.24, 2.45) is 5.73 Å². The van der Waals surface area contributed by atoms with Crippen molar-refractivity contribution in [1.29, 1.82) is 0 Å². The SMILES string of the molecule is NCCc1ccc(N2CCCC2)cn1. The van der Waals surface area contributed by atoms with Crippen LogP contribution in [-0.2, 0) is 6.42 Å². The first-order valence-corrected chi connectivity index (χ1v) is 5.30. The summed E-state index contributed by atoms with van der Waals surface area (Å²) in [6, 6.07) is 4.24. The third-order valence-electron chi connectivity index (χ3n) is 2.68. The van der Waals surface area contributed by atoms with E-state index >= 15 is 0 Å². The normalized spacial score (nSPS) is 16.2. The van der Waals surface area contributed by atoms with Gasteiger partial charge in [0.2, 0.25) is 0 Å². The van der Waals surface area contributed by atoms with E-state index in [-0.39, 0.29) is 0 Å². The van der Waals surface area contributed by atoms with E-state index in [4.69, 9.17) is 5.73 Å². The number of rotatable bonds is 3. The summed E-state index contributed by atoms with van der Waals surface area (Å²) in [6.45, 7) is 3.03. The maximum Gasteiger partial charge on any atom is 0.0552 e. The van der Waals surface area contributed by atoms with Crippen LogP contribution in [0.5, 0.6) is 0 Å². The molecular weight excluding hydrogens is 174 g/mol. The van der Waals surface area contributed by atoms with Crippen LogP contribution in [0.2, 0.25) is 0 Å². The summed E-state index contributed by atoms with van der Waals surface area (Å²) in [5.74, 6) is 0. The zero-order valence-electron chi connectivity index (χ0n) is 8.45. The van der Waals surface area contributed by atoms with Crippen LogP contribution in [0.3, 0.4) is 0 Å². The van der Waals surface area contributed by atoms with E-state index in [0.717, 1.165) is 12.1 Å². The van der Waals surface area contributed by atoms with Crippen molar-refractivity contribution in [3.8, 4) is 0 Å². The van der Waals surface area contributed by atoms with Crippen molar-refractivity contribution in [3.05, 3.63) is 24.0 Å². The molecule has 0 aliphatic carbocycles. The molecular formula is C11H17N3. The number of nitrogens with zero attached hydrogens (tertiary/aromatic N) is 2. The average Bonchev–Trinajstić information content (AvgIpc) is 2.72. The molecule has 14 heavy (non-hydrogen) atoms. The number of hydrogen-bond donors (Lipinski definition) is 1. The Kier molecular flexibility index (Phi) is 2.99. The molecule has 1 aromatic rings. The molecule has 76 valence electrons. The lowest BCUT2D eigenvalue weighted by molar-refractivity contribution is 0.910. The Morgan fingerprint density at radius 1 is 1.29 bits per heavy atom. The Balaban J connectivity index is 2.05. The molecule has 0 unspecified atom stereocenters. The fourth-order valence-corrected chi connectivity index (χ4v) is 1.87. The van der Waals surface area contributed by atoms with Crippen LogP contribution in [0.25, 0.3) is 0 Å². The van der Waals surface area contributed by atoms with Crippen molar-refractivity contribution in [2.45, 2.75) is 19.3 Å². The highest BCUT2D eigenvalue weighted by atomic mass is 15.1. The molecule has 0 spiro atoms. The Bertz CT molecular complexity index is 275. The molecule has 2 heterocycles. The Morgan fingerprint density at radius 2 is 2.07 bits per heavy atom. The number of pyridine rings is 1. The molecule has 1 aliphatic heterocycles. The van der Waals surface area contributed by atoms with Crippen molar-refractivity contribution in [2.75, 3.05) is 24.5 Å². The fraction of sp³-hybridized carbons (Fsp3) is 0.545. The minimum Gasteiger partial charge on any atom is -0.370 e. The third kappa shape index (κ3) is 2.04. The highest BCUT2D eigenvalue weighted by molar-refractivity contribution is 5.45. The van der Waals surface area contributed by atoms with E-state index in [0.29, 0.717) is 6.54 Å². The van der Waals surface area contributed by atoms with E-state index in [9.17, 15) is 0 Å². The van der Waals surface area contributed by atoms with Crippen LogP contribution in [0, 0.1) is 0 Å². The smallest absolute Gasteiger partial charge is 0.0552 e. The van der Waals surface area contributed by atoms with Gasteiger partial charge in [-0.1, -0.05) is 0 Å². The molecule has 0 amide bonds. The summed E-state index contributed by atoms with van der Waals surface area (Å²) < 4.78 is 0. The monoisotopic (exact) mass is 191 g/mol. The van der Waals surface area contributed by atoms with Crippen LogP contribution >= 0.6 is 0 Å². The maximum atomic E-state index is 5.47. The van der Waals surface area contributed by atoms with Gasteiger partial charge in [-0.05, 0) is 31.5 Å². The summed E-state index contributed by atoms with van der Waals surface area (Å²) in [6.07, 6.45) is 5.46. The molecule has 1 saturated heterocycles. The molecule has 1 aliphatic rings. The number of aromatic nitrogens is 1. The second-order valence-corrected chi connectivity index (χ2v) is 3.74. The molecule has 3 nitrogen and oxygen atoms in total. The van der Waals surface area contributed by atoms with Crippen LogP contribution in [0.1, 0.15) is 18.5 Å². The first kappa shape index (κ1) is 9.46. The van der Waals surface area contributed by atoms with Crippen molar-refractivity contribution in [3.63, 3.8) is 0 Å². The fourth-order valence-electron chi connectivity index (χ4n) is 1.87. The van der Waals surface area contributed by atoms with Crippen LogP contribution in [-0.4, -0.2) is 24.6 Å². The number of nitrogens with two attached hydrogens (primary N) is 1. The number of hydrogen-bond acceptors (Lipinski definition) is 3. The second-order valence-electron chi connectivity index (χ2n) is 3.74. The molecule has 3 heteroatoms. The molecule has 0 aromatic carbocycles. The van der Waals surface area contributed by atoms with E-state index < -0.39 is 0 Å². The molecule has 2 N–H and O–H groups in total. The van der Waals surface area contributed by atoms with E-state index in [2.05, 4.69) is 22.0 Å². The molecule has 0 radical (unpaired) electrons. The Hall–Kier alpha value is -1.09. The zero-order chi connectivity index (χ0) is 9.80. The first-order chi connectivity index (χ1) is 6.90. The van der Waals surface area contributed by atoms with Gasteiger partial charge in [0.15, 0.2) is 0 Å². The van der Waals surface area contributed by atoms with E-state index in [1.165, 1.54) is 31.6 Å². The molecule has 2 rings (SSSR count). The van der Waals surface area contributed by atoms with Gasteiger partial charge in [-0.25, -0.2) is 0 Å². The predicted octanol–water partition coefficient (Wildman–Crippen LogP) is 1.18. The standard InChI is InChI=1S/C11H17N3/c12-6-5-10-3-4-11(9-13-10)14-7-1-2-8-14/h3-4,9H,1-2,5-8,12H2. The van der Waals surface area contributed by atoms with E-state index in [1.807, 2.05) is 6.20 Å². The van der Waals surface area contributed by atoms with Crippen LogP contribution < -0.4 is 10.6 Å². The van der Waals surface area contributed by atoms with Gasteiger partial charge in [0.05, 0.1) is 11.9 Å². The topological polar surface area (TPSA) is 42.1 Å². The lowest BCUT2D eigenvalue weighted by Crippen LogP contribution is -2.17. The quantitative estimate of drug-likeness (QED) is 0.780. The minimum atomic E-state index is 0.677. The summed E-state index contributed by atoms with van der Waals surface area (Å²) in [5.41, 5.74) is 7.82. The van der Waals surface area contributed by atoms with Crippen molar-refractivity contribution in [1.82, 2.24) is 4.98 Å². The van der Waals surface area contributed by atoms with Gasteiger partial charge in [0.25, 0.3) is 0 Å². The van der Waals surface area contributed by atoms with Crippen molar-refractivity contribution >= 4 is 5.69 Å². The third-order valence-corrected chi connectivity index (χ3v) is 2.68. The Morgan fingerprint density at radius 3 is 2.64 bits per heavy atom. The minimum absolute atomic E-state index is 0.677. The first-order valence-electron chi connectivity index (χ1n) is 5.30. The van der Waals surface area contributed by atoms with E-state index in [1.54, 1.807) is 0 Å². The van der Waals surface area contributed by atoms with Gasteiger partial charge >= 0.3 is 0 Å². The molecule has 0 saturated carbocycles. The largest absolute Gasteiger partial charge is 0.370 e. The zero-order valence-corrected chi connectivity index (χ0v) is 8.45. The molecule has 0 bridgehead atoms. The van der Waals surface area contributed by atoms with Gasteiger partial charge in [0.1, 0.15) is 0 Å². The lowest BCUT2D eigenvalue weighted by Gasteiger charge is -2.16. The second kappa shape index (κ2) is 4.42. The highest BCUT2D eigenvalue weighted by Crippen LogP contribution is 2.18. The molecule has 1 fully saturated rings. The van der Waals surface area contributed by atoms with Crippen LogP contribution in [0.4, 0.5) is 5.69 Å². The average molecular weight is 191 g/mol. The predicted molar refractivity (Wildman–Crippen MR) is 58.4 cm³/mol. The van der Waals surface area contributed by atoms with Gasteiger partial charge in [-0.3, -0.25) is 4.98 Å². The molecule has 0 atom stereocenters.